The molecule has 0 radical (unpaired) electrons. The fourth-order valence-electron chi connectivity index (χ4n) is 0.589. The van der Waals surface area contributed by atoms with Gasteiger partial charge in [-0.2, -0.15) is 9.36 Å². The maximum atomic E-state index is 5.34. The monoisotopic (exact) mass is 182 g/mol. The summed E-state index contributed by atoms with van der Waals surface area (Å²) in [5, 5.41) is 3.67. The van der Waals surface area contributed by atoms with Gasteiger partial charge in [0.05, 0.1) is 5.54 Å². The van der Waals surface area contributed by atoms with Crippen molar-refractivity contribution in [2.45, 2.75) is 19.4 Å². The molecular weight excluding hydrogens is 172 g/mol. The summed E-state index contributed by atoms with van der Waals surface area (Å²) in [7, 11) is 0. The summed E-state index contributed by atoms with van der Waals surface area (Å²) in [6.45, 7) is 3.76. The largest absolute Gasteiger partial charge is 0.367 e. The predicted octanol–water partition coefficient (Wildman–Crippen LogP) is 0.944. The molecule has 0 aliphatic carbocycles. The number of hydrogen-bond donors (Lipinski definition) is 2. The van der Waals surface area contributed by atoms with Crippen LogP contribution in [0.3, 0.4) is 0 Å². The normalized spacial score (nSPS) is 10.8. The van der Waals surface area contributed by atoms with E-state index in [1.54, 1.807) is 0 Å². The Kier molecular flexibility index (Phi) is 2.20. The summed E-state index contributed by atoms with van der Waals surface area (Å²) < 4.78 is 3.81. The number of nitrogens with one attached hydrogen (secondary N) is 1. The molecule has 0 amide bonds. The molecule has 0 saturated carbocycles. The fourth-order valence-corrected chi connectivity index (χ4v) is 1.25. The number of hydrogen-bond acceptors (Lipinski definition) is 5. The molecule has 0 atom stereocenters. The standard InChI is InChI=1S/C7H10N4S/c1-4-7(2,3)10-6-9-5(8)11-12-6/h1H,2-3H3,(H3,8,9,10,11). The number of nitrogens with two attached hydrogens (primary N) is 1. The Hall–Kier alpha value is -1.28. The second-order valence-corrected chi connectivity index (χ2v) is 3.60. The first-order valence-corrected chi connectivity index (χ1v) is 4.16. The van der Waals surface area contributed by atoms with E-state index in [0.29, 0.717) is 5.13 Å². The molecule has 0 saturated heterocycles. The highest BCUT2D eigenvalue weighted by atomic mass is 32.1. The van der Waals surface area contributed by atoms with E-state index in [9.17, 15) is 0 Å². The number of anilines is 2. The molecule has 1 aromatic rings. The van der Waals surface area contributed by atoms with Gasteiger partial charge in [0.25, 0.3) is 0 Å². The molecule has 1 heterocycles. The SMILES string of the molecule is C#CC(C)(C)Nc1nc(N)ns1. The molecular formula is C7H10N4S. The summed E-state index contributed by atoms with van der Waals surface area (Å²) in [4.78, 5) is 3.92. The van der Waals surface area contributed by atoms with Crippen LogP contribution in [0.5, 0.6) is 0 Å². The number of nitrogen functional groups attached to an aromatic ring is 1. The van der Waals surface area contributed by atoms with E-state index in [-0.39, 0.29) is 5.95 Å². The van der Waals surface area contributed by atoms with E-state index < -0.39 is 5.54 Å². The third-order valence-electron chi connectivity index (χ3n) is 1.22. The number of aromatic nitrogens is 2. The van der Waals surface area contributed by atoms with E-state index in [1.807, 2.05) is 13.8 Å². The topological polar surface area (TPSA) is 63.8 Å². The third kappa shape index (κ3) is 2.10. The molecule has 1 aromatic heterocycles. The Bertz CT molecular complexity index is 309. The van der Waals surface area contributed by atoms with Gasteiger partial charge in [-0.25, -0.2) is 0 Å². The molecule has 0 aromatic carbocycles. The first kappa shape index (κ1) is 8.81. The lowest BCUT2D eigenvalue weighted by Crippen LogP contribution is -2.28. The second-order valence-electron chi connectivity index (χ2n) is 2.85. The lowest BCUT2D eigenvalue weighted by molar-refractivity contribution is 0.740. The highest BCUT2D eigenvalue weighted by molar-refractivity contribution is 7.09. The van der Waals surface area contributed by atoms with Gasteiger partial charge in [0, 0.05) is 11.5 Å². The fraction of sp³-hybridized carbons (Fsp3) is 0.429. The van der Waals surface area contributed by atoms with Crippen LogP contribution in [-0.2, 0) is 0 Å². The van der Waals surface area contributed by atoms with Crippen molar-refractivity contribution in [2.24, 2.45) is 0 Å². The van der Waals surface area contributed by atoms with Crippen molar-refractivity contribution in [1.29, 1.82) is 0 Å². The van der Waals surface area contributed by atoms with Gasteiger partial charge in [0.1, 0.15) is 0 Å². The number of nitrogens with zero attached hydrogens (tertiary/aromatic N) is 2. The Morgan fingerprint density at radius 1 is 1.67 bits per heavy atom. The van der Waals surface area contributed by atoms with Gasteiger partial charge in [-0.15, -0.1) is 6.42 Å². The molecule has 3 N–H and O–H groups in total. The molecule has 0 spiro atoms. The zero-order chi connectivity index (χ0) is 9.19. The molecule has 0 aliphatic rings. The van der Waals surface area contributed by atoms with Crippen molar-refractivity contribution >= 4 is 22.6 Å². The van der Waals surface area contributed by atoms with Crippen LogP contribution in [-0.4, -0.2) is 14.9 Å². The molecule has 0 fully saturated rings. The molecule has 0 aliphatic heterocycles. The Balaban J connectivity index is 2.72. The number of rotatable bonds is 2. The zero-order valence-electron chi connectivity index (χ0n) is 6.96. The van der Waals surface area contributed by atoms with Gasteiger partial charge in [-0.1, -0.05) is 5.92 Å². The van der Waals surface area contributed by atoms with Crippen molar-refractivity contribution in [1.82, 2.24) is 9.36 Å². The first-order chi connectivity index (χ1) is 5.53. The van der Waals surface area contributed by atoms with E-state index >= 15 is 0 Å². The van der Waals surface area contributed by atoms with Gasteiger partial charge >= 0.3 is 0 Å². The average Bonchev–Trinajstić information content (AvgIpc) is 2.35. The maximum absolute atomic E-state index is 5.34. The van der Waals surface area contributed by atoms with Crippen LogP contribution in [0.15, 0.2) is 0 Å². The van der Waals surface area contributed by atoms with Crippen LogP contribution in [0.25, 0.3) is 0 Å². The van der Waals surface area contributed by atoms with Gasteiger partial charge in [0.15, 0.2) is 0 Å². The van der Waals surface area contributed by atoms with Crippen molar-refractivity contribution in [2.75, 3.05) is 11.1 Å². The van der Waals surface area contributed by atoms with Crippen molar-refractivity contribution in [3.63, 3.8) is 0 Å². The highest BCUT2D eigenvalue weighted by Gasteiger charge is 2.14. The van der Waals surface area contributed by atoms with E-state index in [0.717, 1.165) is 0 Å². The Morgan fingerprint density at radius 2 is 2.33 bits per heavy atom. The highest BCUT2D eigenvalue weighted by Crippen LogP contribution is 2.16. The lowest BCUT2D eigenvalue weighted by atomic mass is 10.1. The summed E-state index contributed by atoms with van der Waals surface area (Å²) in [6.07, 6.45) is 5.27. The molecule has 12 heavy (non-hydrogen) atoms. The van der Waals surface area contributed by atoms with E-state index in [2.05, 4.69) is 20.6 Å². The molecule has 0 bridgehead atoms. The quantitative estimate of drug-likeness (QED) is 0.668. The van der Waals surface area contributed by atoms with E-state index in [4.69, 9.17) is 12.2 Å². The Labute approximate surface area is 75.4 Å². The minimum atomic E-state index is -0.411. The molecule has 64 valence electrons. The van der Waals surface area contributed by atoms with Crippen molar-refractivity contribution in [3.05, 3.63) is 0 Å². The van der Waals surface area contributed by atoms with Crippen LogP contribution >= 0.6 is 11.5 Å². The van der Waals surface area contributed by atoms with Crippen LogP contribution in [0.1, 0.15) is 13.8 Å². The molecule has 4 nitrogen and oxygen atoms in total. The van der Waals surface area contributed by atoms with Crippen molar-refractivity contribution in [3.8, 4) is 12.3 Å². The lowest BCUT2D eigenvalue weighted by Gasteiger charge is -2.17. The van der Waals surface area contributed by atoms with E-state index in [1.165, 1.54) is 11.5 Å². The Morgan fingerprint density at radius 3 is 2.75 bits per heavy atom. The van der Waals surface area contributed by atoms with Gasteiger partial charge in [0.2, 0.25) is 11.1 Å². The van der Waals surface area contributed by atoms with Gasteiger partial charge < -0.3 is 11.1 Å². The number of terminal acetylenes is 1. The second kappa shape index (κ2) is 2.99. The van der Waals surface area contributed by atoms with Crippen LogP contribution < -0.4 is 11.1 Å². The van der Waals surface area contributed by atoms with Crippen LogP contribution in [0.2, 0.25) is 0 Å². The predicted molar refractivity (Wildman–Crippen MR) is 50.9 cm³/mol. The maximum Gasteiger partial charge on any atom is 0.233 e. The summed E-state index contributed by atoms with van der Waals surface area (Å²) in [5.74, 6) is 2.86. The molecule has 1 rings (SSSR count). The minimum absolute atomic E-state index is 0.273. The molecule has 5 heteroatoms. The van der Waals surface area contributed by atoms with Gasteiger partial charge in [-0.3, -0.25) is 0 Å². The summed E-state index contributed by atoms with van der Waals surface area (Å²) >= 11 is 1.20. The summed E-state index contributed by atoms with van der Waals surface area (Å²) in [6, 6.07) is 0. The molecule has 0 unspecified atom stereocenters. The first-order valence-electron chi connectivity index (χ1n) is 3.38. The van der Waals surface area contributed by atoms with Crippen molar-refractivity contribution < 1.29 is 0 Å². The minimum Gasteiger partial charge on any atom is -0.367 e. The van der Waals surface area contributed by atoms with Crippen LogP contribution in [0.4, 0.5) is 11.1 Å². The zero-order valence-corrected chi connectivity index (χ0v) is 7.77. The van der Waals surface area contributed by atoms with Gasteiger partial charge in [-0.05, 0) is 13.8 Å². The third-order valence-corrected chi connectivity index (χ3v) is 1.87. The average molecular weight is 182 g/mol. The van der Waals surface area contributed by atoms with Crippen LogP contribution in [0, 0.1) is 12.3 Å². The summed E-state index contributed by atoms with van der Waals surface area (Å²) in [5.41, 5.74) is 4.92. The smallest absolute Gasteiger partial charge is 0.233 e.